The van der Waals surface area contributed by atoms with Gasteiger partial charge in [0.25, 0.3) is 0 Å². The van der Waals surface area contributed by atoms with Gasteiger partial charge < -0.3 is 31.3 Å². The molecule has 2 fully saturated rings. The third-order valence-corrected chi connectivity index (χ3v) is 9.15. The fourth-order valence-electron chi connectivity index (χ4n) is 5.83. The minimum atomic E-state index is -0.510. The molecule has 2 saturated heterocycles. The van der Waals surface area contributed by atoms with Crippen LogP contribution in [0.2, 0.25) is 10.0 Å². The number of amides is 2. The summed E-state index contributed by atoms with van der Waals surface area (Å²) in [6.07, 6.45) is 5.79. The summed E-state index contributed by atoms with van der Waals surface area (Å²) in [5, 5.41) is 16.1. The summed E-state index contributed by atoms with van der Waals surface area (Å²) < 4.78 is 21.1. The molecule has 0 saturated carbocycles. The molecule has 5 heterocycles. The van der Waals surface area contributed by atoms with Gasteiger partial charge in [-0.1, -0.05) is 41.4 Å². The first-order valence-electron chi connectivity index (χ1n) is 15.7. The van der Waals surface area contributed by atoms with Gasteiger partial charge in [-0.05, 0) is 37.1 Å². The van der Waals surface area contributed by atoms with Crippen molar-refractivity contribution >= 4 is 46.5 Å². The lowest BCUT2D eigenvalue weighted by Gasteiger charge is -2.16. The second kappa shape index (κ2) is 15.2. The molecule has 0 bridgehead atoms. The molecule has 6 rings (SSSR count). The Bertz CT molecular complexity index is 1830. The maximum absolute atomic E-state index is 15.5. The summed E-state index contributed by atoms with van der Waals surface area (Å²) in [5.41, 5.74) is 3.90. The van der Waals surface area contributed by atoms with Crippen LogP contribution in [0.5, 0.6) is 5.88 Å². The zero-order chi connectivity index (χ0) is 33.6. The van der Waals surface area contributed by atoms with Gasteiger partial charge >= 0.3 is 0 Å². The molecule has 14 heteroatoms. The number of anilines is 2. The number of pyridine rings is 3. The van der Waals surface area contributed by atoms with Crippen LogP contribution in [0.1, 0.15) is 36.8 Å². The molecule has 2 amide bonds. The summed E-state index contributed by atoms with van der Waals surface area (Å²) in [7, 11) is 1.56. The molecule has 2 aliphatic rings. The third kappa shape index (κ3) is 7.68. The number of halogens is 3. The topological polar surface area (TPSA) is 142 Å². The number of benzene rings is 1. The molecule has 1 aromatic carbocycles. The normalized spacial score (nSPS) is 17.3. The number of methoxy groups -OCH3 is 1. The van der Waals surface area contributed by atoms with Crippen LogP contribution < -0.4 is 31.3 Å². The fraction of sp³-hybridized carbons (Fsp3) is 0.324. The van der Waals surface area contributed by atoms with Crippen LogP contribution in [0.4, 0.5) is 15.9 Å². The van der Waals surface area contributed by atoms with Gasteiger partial charge in [0.1, 0.15) is 0 Å². The summed E-state index contributed by atoms with van der Waals surface area (Å²) in [4.78, 5) is 36.4. The second-order valence-electron chi connectivity index (χ2n) is 11.7. The van der Waals surface area contributed by atoms with Gasteiger partial charge in [-0.2, -0.15) is 0 Å². The third-order valence-electron chi connectivity index (χ3n) is 8.36. The van der Waals surface area contributed by atoms with Gasteiger partial charge in [-0.25, -0.2) is 14.4 Å². The number of hydrogen-bond acceptors (Lipinski definition) is 9. The molecule has 11 nitrogen and oxygen atoms in total. The smallest absolute Gasteiger partial charge is 0.220 e. The van der Waals surface area contributed by atoms with Crippen LogP contribution in [0.15, 0.2) is 54.9 Å². The first kappa shape index (κ1) is 33.5. The summed E-state index contributed by atoms with van der Waals surface area (Å²) in [5.74, 6) is 0.0796. The van der Waals surface area contributed by atoms with Crippen molar-refractivity contribution in [1.29, 1.82) is 0 Å². The number of ether oxygens (including phenoxy) is 1. The minimum absolute atomic E-state index is 0.0224. The van der Waals surface area contributed by atoms with Crippen LogP contribution in [0, 0.1) is 5.82 Å². The zero-order valence-corrected chi connectivity index (χ0v) is 27.7. The molecule has 0 aliphatic carbocycles. The summed E-state index contributed by atoms with van der Waals surface area (Å²) >= 11 is 13.8. The number of nitrogens with one attached hydrogen (secondary N) is 5. The molecule has 3 aromatic heterocycles. The molecule has 250 valence electrons. The van der Waals surface area contributed by atoms with Crippen molar-refractivity contribution in [3.63, 3.8) is 0 Å². The zero-order valence-electron chi connectivity index (χ0n) is 26.2. The van der Waals surface area contributed by atoms with Gasteiger partial charge in [0, 0.05) is 85.8 Å². The average Bonchev–Trinajstić information content (AvgIpc) is 3.70. The van der Waals surface area contributed by atoms with Crippen molar-refractivity contribution in [2.45, 2.75) is 50.9 Å². The van der Waals surface area contributed by atoms with E-state index < -0.39 is 5.82 Å². The van der Waals surface area contributed by atoms with Crippen LogP contribution in [0.25, 0.3) is 22.5 Å². The number of aromatic nitrogens is 3. The Morgan fingerprint density at radius 3 is 2.21 bits per heavy atom. The summed E-state index contributed by atoms with van der Waals surface area (Å²) in [6.45, 7) is 1.98. The number of carbonyl (C=O) groups is 2. The highest BCUT2D eigenvalue weighted by atomic mass is 35.5. The molecular formula is C34H35Cl2FN8O3. The van der Waals surface area contributed by atoms with Crippen molar-refractivity contribution in [3.8, 4) is 28.4 Å². The van der Waals surface area contributed by atoms with E-state index in [2.05, 4.69) is 36.6 Å². The van der Waals surface area contributed by atoms with Crippen LogP contribution in [-0.4, -0.2) is 59.0 Å². The molecule has 4 aromatic rings. The maximum atomic E-state index is 15.5. The van der Waals surface area contributed by atoms with E-state index >= 15 is 4.39 Å². The Labute approximate surface area is 287 Å². The Kier molecular flexibility index (Phi) is 10.7. The average molecular weight is 694 g/mol. The predicted octanol–water partition coefficient (Wildman–Crippen LogP) is 5.14. The molecule has 0 radical (unpaired) electrons. The molecular weight excluding hydrogens is 658 g/mol. The molecule has 5 N–H and O–H groups in total. The van der Waals surface area contributed by atoms with E-state index in [4.69, 9.17) is 32.9 Å². The highest BCUT2D eigenvalue weighted by Crippen LogP contribution is 2.41. The van der Waals surface area contributed by atoms with E-state index in [-0.39, 0.29) is 41.3 Å². The molecule has 48 heavy (non-hydrogen) atoms. The van der Waals surface area contributed by atoms with Gasteiger partial charge in [0.2, 0.25) is 17.7 Å². The van der Waals surface area contributed by atoms with Crippen molar-refractivity contribution in [2.24, 2.45) is 0 Å². The highest BCUT2D eigenvalue weighted by molar-refractivity contribution is 6.39. The lowest BCUT2D eigenvalue weighted by molar-refractivity contribution is -0.120. The Morgan fingerprint density at radius 2 is 1.54 bits per heavy atom. The second-order valence-corrected chi connectivity index (χ2v) is 12.4. The largest absolute Gasteiger partial charge is 0.481 e. The Morgan fingerprint density at radius 1 is 0.854 bits per heavy atom. The van der Waals surface area contributed by atoms with E-state index in [1.54, 1.807) is 43.6 Å². The SMILES string of the molecule is COc1nc(-c2ccnc(-c3cccc(Nc4nccc(CNC[C@@H]5CCC(=O)N5)c4F)c3Cl)c2Cl)ccc1CNC[C@H]1CCC(=O)N1. The quantitative estimate of drug-likeness (QED) is 0.129. The fourth-order valence-corrected chi connectivity index (χ4v) is 6.40. The number of hydrogen-bond donors (Lipinski definition) is 5. The molecule has 0 unspecified atom stereocenters. The van der Waals surface area contributed by atoms with Crippen LogP contribution in [-0.2, 0) is 22.7 Å². The first-order chi connectivity index (χ1) is 23.3. The van der Waals surface area contributed by atoms with E-state index in [9.17, 15) is 9.59 Å². The van der Waals surface area contributed by atoms with Gasteiger partial charge in [0.05, 0.1) is 34.2 Å². The lowest BCUT2D eigenvalue weighted by atomic mass is 10.1. The van der Waals surface area contributed by atoms with Crippen LogP contribution in [0.3, 0.4) is 0 Å². The van der Waals surface area contributed by atoms with Crippen LogP contribution >= 0.6 is 23.2 Å². The lowest BCUT2D eigenvalue weighted by Crippen LogP contribution is -2.35. The molecule has 2 atom stereocenters. The maximum Gasteiger partial charge on any atom is 0.220 e. The van der Waals surface area contributed by atoms with Gasteiger partial charge in [-0.15, -0.1) is 0 Å². The van der Waals surface area contributed by atoms with E-state index in [0.29, 0.717) is 77.1 Å². The number of rotatable bonds is 13. The van der Waals surface area contributed by atoms with E-state index in [0.717, 1.165) is 18.4 Å². The van der Waals surface area contributed by atoms with Gasteiger partial charge in [0.15, 0.2) is 11.6 Å². The van der Waals surface area contributed by atoms with Crippen molar-refractivity contribution < 1.29 is 18.7 Å². The Balaban J connectivity index is 1.17. The monoisotopic (exact) mass is 692 g/mol. The predicted molar refractivity (Wildman–Crippen MR) is 183 cm³/mol. The number of carbonyl (C=O) groups excluding carboxylic acids is 2. The van der Waals surface area contributed by atoms with Crippen molar-refractivity contribution in [2.75, 3.05) is 25.5 Å². The summed E-state index contributed by atoms with van der Waals surface area (Å²) in [6, 6.07) is 12.6. The first-order valence-corrected chi connectivity index (χ1v) is 16.4. The minimum Gasteiger partial charge on any atom is -0.481 e. The van der Waals surface area contributed by atoms with E-state index in [1.807, 2.05) is 12.1 Å². The Hall–Kier alpha value is -4.36. The molecule has 0 spiro atoms. The van der Waals surface area contributed by atoms with Gasteiger partial charge in [-0.3, -0.25) is 14.6 Å². The number of nitrogens with zero attached hydrogens (tertiary/aromatic N) is 3. The standard InChI is InChI=1S/C34H35Cl2FN8O3/c1-48-34-20(16-39-18-22-7-10-28(47)43-22)5-8-25(45-34)23-12-14-40-32(30(23)36)24-3-2-4-26(29(24)35)44-33-31(37)19(11-13-41-33)15-38-17-21-6-9-27(46)42-21/h2-5,8,11-14,21-22,38-39H,6-7,9-10,15-18H2,1H3,(H,41,44)(H,42,46)(H,43,47)/t21-,22+/m0/s1. The van der Waals surface area contributed by atoms with E-state index in [1.165, 1.54) is 6.20 Å². The van der Waals surface area contributed by atoms with Crippen molar-refractivity contribution in [3.05, 3.63) is 81.8 Å². The van der Waals surface area contributed by atoms with Crippen molar-refractivity contribution in [1.82, 2.24) is 36.2 Å². The molecule has 2 aliphatic heterocycles. The highest BCUT2D eigenvalue weighted by Gasteiger charge is 2.22.